The number of piperidine rings is 1. The second kappa shape index (κ2) is 3.67. The van der Waals surface area contributed by atoms with Crippen molar-refractivity contribution in [3.05, 3.63) is 12.2 Å². The first-order chi connectivity index (χ1) is 6.93. The highest BCUT2D eigenvalue weighted by Gasteiger charge is 2.38. The molecule has 3 rings (SSSR count). The minimum Gasteiger partial charge on any atom is -0.313 e. The summed E-state index contributed by atoms with van der Waals surface area (Å²) in [5.41, 5.74) is 0. The molecule has 3 aliphatic rings. The van der Waals surface area contributed by atoms with E-state index in [1.807, 2.05) is 0 Å². The van der Waals surface area contributed by atoms with Crippen LogP contribution in [0.2, 0.25) is 0 Å². The van der Waals surface area contributed by atoms with Crippen LogP contribution in [0.4, 0.5) is 0 Å². The minimum absolute atomic E-state index is 0.792. The monoisotopic (exact) mass is 192 g/mol. The molecule has 2 saturated heterocycles. The second-order valence-electron chi connectivity index (χ2n) is 5.04. The lowest BCUT2D eigenvalue weighted by atomic mass is 9.80. The van der Waals surface area contributed by atoms with Crippen LogP contribution in [0, 0.1) is 11.8 Å². The molecule has 3 heterocycles. The molecule has 0 amide bonds. The number of fused-ring (bicyclic) bond motifs is 2. The largest absolute Gasteiger partial charge is 0.313 e. The highest BCUT2D eigenvalue weighted by atomic mass is 15.0. The highest BCUT2D eigenvalue weighted by Crippen LogP contribution is 2.36. The lowest BCUT2D eigenvalue weighted by Crippen LogP contribution is -2.45. The SMILES string of the molecule is C1=CC(C2CCC3CCC2N3)CNC1. The summed E-state index contributed by atoms with van der Waals surface area (Å²) in [4.78, 5) is 0. The van der Waals surface area contributed by atoms with Gasteiger partial charge in [-0.05, 0) is 37.5 Å². The van der Waals surface area contributed by atoms with Crippen molar-refractivity contribution >= 4 is 0 Å². The van der Waals surface area contributed by atoms with Gasteiger partial charge in [-0.25, -0.2) is 0 Å². The Morgan fingerprint density at radius 3 is 2.86 bits per heavy atom. The topological polar surface area (TPSA) is 24.1 Å². The molecule has 0 aromatic carbocycles. The Kier molecular flexibility index (Phi) is 2.34. The van der Waals surface area contributed by atoms with Crippen LogP contribution < -0.4 is 10.6 Å². The molecular weight excluding hydrogens is 172 g/mol. The van der Waals surface area contributed by atoms with Gasteiger partial charge < -0.3 is 10.6 Å². The minimum atomic E-state index is 0.792. The molecule has 2 heteroatoms. The fraction of sp³-hybridized carbons (Fsp3) is 0.833. The Morgan fingerprint density at radius 2 is 2.00 bits per heavy atom. The molecule has 14 heavy (non-hydrogen) atoms. The summed E-state index contributed by atoms with van der Waals surface area (Å²) in [6.07, 6.45) is 10.4. The highest BCUT2D eigenvalue weighted by molar-refractivity contribution is 5.04. The molecule has 0 aliphatic carbocycles. The Hall–Kier alpha value is -0.340. The molecule has 0 aromatic heterocycles. The summed E-state index contributed by atoms with van der Waals surface area (Å²) in [5.74, 6) is 1.69. The van der Waals surface area contributed by atoms with E-state index in [1.54, 1.807) is 0 Å². The van der Waals surface area contributed by atoms with Crippen molar-refractivity contribution in [2.24, 2.45) is 11.8 Å². The van der Waals surface area contributed by atoms with E-state index in [-0.39, 0.29) is 0 Å². The normalized spacial score (nSPS) is 46.9. The molecule has 78 valence electrons. The summed E-state index contributed by atoms with van der Waals surface area (Å²) in [6, 6.07) is 1.68. The van der Waals surface area contributed by atoms with Crippen LogP contribution in [0.5, 0.6) is 0 Å². The molecular formula is C12H20N2. The van der Waals surface area contributed by atoms with Gasteiger partial charge in [-0.15, -0.1) is 0 Å². The summed E-state index contributed by atoms with van der Waals surface area (Å²) in [6.45, 7) is 2.27. The quantitative estimate of drug-likeness (QED) is 0.612. The van der Waals surface area contributed by atoms with Crippen molar-refractivity contribution in [1.82, 2.24) is 10.6 Å². The van der Waals surface area contributed by atoms with E-state index >= 15 is 0 Å². The van der Waals surface area contributed by atoms with E-state index in [9.17, 15) is 0 Å². The third kappa shape index (κ3) is 1.51. The third-order valence-electron chi connectivity index (χ3n) is 4.22. The first-order valence-electron chi connectivity index (χ1n) is 6.07. The van der Waals surface area contributed by atoms with E-state index in [4.69, 9.17) is 0 Å². The molecule has 0 radical (unpaired) electrons. The Morgan fingerprint density at radius 1 is 1.07 bits per heavy atom. The van der Waals surface area contributed by atoms with Crippen molar-refractivity contribution in [3.63, 3.8) is 0 Å². The van der Waals surface area contributed by atoms with Gasteiger partial charge >= 0.3 is 0 Å². The fourth-order valence-corrected chi connectivity index (χ4v) is 3.46. The molecule has 0 aromatic rings. The average Bonchev–Trinajstić information content (AvgIpc) is 2.62. The van der Waals surface area contributed by atoms with Crippen molar-refractivity contribution in [1.29, 1.82) is 0 Å². The van der Waals surface area contributed by atoms with Gasteiger partial charge in [0.2, 0.25) is 0 Å². The molecule has 2 bridgehead atoms. The summed E-state index contributed by atoms with van der Waals surface area (Å²) >= 11 is 0. The average molecular weight is 192 g/mol. The zero-order valence-corrected chi connectivity index (χ0v) is 8.71. The van der Waals surface area contributed by atoms with Crippen molar-refractivity contribution in [2.45, 2.75) is 37.8 Å². The maximum atomic E-state index is 3.78. The maximum Gasteiger partial charge on any atom is 0.0135 e. The second-order valence-corrected chi connectivity index (χ2v) is 5.04. The zero-order valence-electron chi connectivity index (χ0n) is 8.71. The first-order valence-corrected chi connectivity index (χ1v) is 6.07. The van der Waals surface area contributed by atoms with Crippen molar-refractivity contribution < 1.29 is 0 Å². The smallest absolute Gasteiger partial charge is 0.0135 e. The number of hydrogen-bond donors (Lipinski definition) is 2. The fourth-order valence-electron chi connectivity index (χ4n) is 3.46. The molecule has 3 aliphatic heterocycles. The van der Waals surface area contributed by atoms with Gasteiger partial charge in [-0.1, -0.05) is 12.2 Å². The predicted octanol–water partition coefficient (Wildman–Crippen LogP) is 1.29. The Bertz CT molecular complexity index is 236. The maximum absolute atomic E-state index is 3.78. The Balaban J connectivity index is 1.71. The van der Waals surface area contributed by atoms with Gasteiger partial charge in [-0.3, -0.25) is 0 Å². The molecule has 4 atom stereocenters. The summed E-state index contributed by atoms with van der Waals surface area (Å²) in [5, 5.41) is 7.25. The third-order valence-corrected chi connectivity index (χ3v) is 4.22. The molecule has 0 saturated carbocycles. The van der Waals surface area contributed by atoms with E-state index in [2.05, 4.69) is 22.8 Å². The standard InChI is InChI=1S/C12H20N2/c1-2-9(8-13-7-1)11-5-3-10-4-6-12(11)14-10/h1-2,9-14H,3-8H2. The van der Waals surface area contributed by atoms with Crippen LogP contribution >= 0.6 is 0 Å². The van der Waals surface area contributed by atoms with Crippen molar-refractivity contribution in [3.8, 4) is 0 Å². The lowest BCUT2D eigenvalue weighted by Gasteiger charge is -2.36. The van der Waals surface area contributed by atoms with E-state index in [0.717, 1.165) is 30.5 Å². The first kappa shape index (κ1) is 8.93. The van der Waals surface area contributed by atoms with Crippen LogP contribution in [0.1, 0.15) is 25.7 Å². The molecule has 2 fully saturated rings. The van der Waals surface area contributed by atoms with Gasteiger partial charge in [0.1, 0.15) is 0 Å². The van der Waals surface area contributed by atoms with Gasteiger partial charge in [-0.2, -0.15) is 0 Å². The number of rotatable bonds is 1. The van der Waals surface area contributed by atoms with E-state index in [0.29, 0.717) is 0 Å². The number of nitrogens with one attached hydrogen (secondary N) is 2. The van der Waals surface area contributed by atoms with E-state index < -0.39 is 0 Å². The van der Waals surface area contributed by atoms with Crippen LogP contribution in [0.15, 0.2) is 12.2 Å². The summed E-state index contributed by atoms with van der Waals surface area (Å²) < 4.78 is 0. The molecule has 2 nitrogen and oxygen atoms in total. The van der Waals surface area contributed by atoms with Crippen molar-refractivity contribution in [2.75, 3.05) is 13.1 Å². The van der Waals surface area contributed by atoms with Crippen LogP contribution in [0.3, 0.4) is 0 Å². The van der Waals surface area contributed by atoms with Gasteiger partial charge in [0.25, 0.3) is 0 Å². The molecule has 0 spiro atoms. The van der Waals surface area contributed by atoms with E-state index in [1.165, 1.54) is 32.2 Å². The van der Waals surface area contributed by atoms with Gasteiger partial charge in [0.05, 0.1) is 0 Å². The Labute approximate surface area is 86.1 Å². The predicted molar refractivity (Wildman–Crippen MR) is 58.2 cm³/mol. The zero-order chi connectivity index (χ0) is 9.38. The molecule has 2 N–H and O–H groups in total. The summed E-state index contributed by atoms with van der Waals surface area (Å²) in [7, 11) is 0. The van der Waals surface area contributed by atoms with Gasteiger partial charge in [0, 0.05) is 25.2 Å². The molecule has 4 unspecified atom stereocenters. The van der Waals surface area contributed by atoms with Crippen LogP contribution in [-0.4, -0.2) is 25.2 Å². The van der Waals surface area contributed by atoms with Gasteiger partial charge in [0.15, 0.2) is 0 Å². The lowest BCUT2D eigenvalue weighted by molar-refractivity contribution is 0.228. The van der Waals surface area contributed by atoms with Crippen LogP contribution in [0.25, 0.3) is 0 Å². The van der Waals surface area contributed by atoms with Crippen LogP contribution in [-0.2, 0) is 0 Å². The number of hydrogen-bond acceptors (Lipinski definition) is 2.